The predicted octanol–water partition coefficient (Wildman–Crippen LogP) is 5.00. The van der Waals surface area contributed by atoms with Crippen molar-refractivity contribution >= 4 is 33.8 Å². The van der Waals surface area contributed by atoms with Gasteiger partial charge in [0, 0.05) is 16.6 Å². The third-order valence-electron chi connectivity index (χ3n) is 5.18. The van der Waals surface area contributed by atoms with Crippen LogP contribution in [0.4, 0.5) is 5.69 Å². The summed E-state index contributed by atoms with van der Waals surface area (Å²) in [6.45, 7) is 1.97. The molecule has 0 fully saturated rings. The van der Waals surface area contributed by atoms with Crippen LogP contribution in [0.25, 0.3) is 27.4 Å². The average molecular weight is 453 g/mol. The van der Waals surface area contributed by atoms with Crippen molar-refractivity contribution in [3.8, 4) is 16.5 Å². The smallest absolute Gasteiger partial charge is 0.268 e. The summed E-state index contributed by atoms with van der Waals surface area (Å²) in [5.41, 5.74) is 3.67. The van der Waals surface area contributed by atoms with E-state index in [0.717, 1.165) is 16.8 Å². The van der Waals surface area contributed by atoms with E-state index in [4.69, 9.17) is 4.98 Å². The number of amides is 1. The summed E-state index contributed by atoms with van der Waals surface area (Å²) in [4.78, 5) is 35.4. The van der Waals surface area contributed by atoms with Gasteiger partial charge >= 0.3 is 0 Å². The molecule has 2 aromatic heterocycles. The molecular weight excluding hydrogens is 432 g/mol. The molecule has 6 nitrogen and oxygen atoms in total. The first-order valence-electron chi connectivity index (χ1n) is 10.5. The number of para-hydroxylation sites is 1. The number of hydrogen-bond acceptors (Lipinski definition) is 5. The van der Waals surface area contributed by atoms with Crippen molar-refractivity contribution in [2.24, 2.45) is 0 Å². The van der Waals surface area contributed by atoms with E-state index in [1.807, 2.05) is 85.1 Å². The summed E-state index contributed by atoms with van der Waals surface area (Å²) in [6.07, 6.45) is 0.112. The number of fused-ring (bicyclic) bond motifs is 1. The van der Waals surface area contributed by atoms with Crippen LogP contribution >= 0.6 is 11.3 Å². The zero-order chi connectivity index (χ0) is 22.8. The highest BCUT2D eigenvalue weighted by Crippen LogP contribution is 2.24. The van der Waals surface area contributed by atoms with Crippen LogP contribution in [-0.4, -0.2) is 20.4 Å². The molecule has 0 saturated carbocycles. The number of carbonyl (C=O) groups excluding carboxylic acids is 1. The molecule has 0 aliphatic rings. The first kappa shape index (κ1) is 20.8. The van der Waals surface area contributed by atoms with Gasteiger partial charge < -0.3 is 5.32 Å². The molecule has 0 atom stereocenters. The number of aromatic nitrogens is 3. The fourth-order valence-corrected chi connectivity index (χ4v) is 4.49. The van der Waals surface area contributed by atoms with Crippen LogP contribution < -0.4 is 10.9 Å². The number of hydrogen-bond donors (Lipinski definition) is 1. The summed E-state index contributed by atoms with van der Waals surface area (Å²) < 4.78 is 1.53. The number of aryl methyl sites for hydroxylation is 1. The molecule has 0 aliphatic carbocycles. The predicted molar refractivity (Wildman–Crippen MR) is 132 cm³/mol. The first-order chi connectivity index (χ1) is 16.1. The minimum Gasteiger partial charge on any atom is -0.326 e. The summed E-state index contributed by atoms with van der Waals surface area (Å²) in [5, 5.41) is 5.71. The molecule has 1 N–H and O–H groups in total. The lowest BCUT2D eigenvalue weighted by Crippen LogP contribution is -2.22. The van der Waals surface area contributed by atoms with Gasteiger partial charge in [0.2, 0.25) is 5.91 Å². The molecule has 0 spiro atoms. The highest BCUT2D eigenvalue weighted by Gasteiger charge is 2.17. The zero-order valence-corrected chi connectivity index (χ0v) is 18.7. The number of thiazole rings is 1. The van der Waals surface area contributed by atoms with Gasteiger partial charge in [-0.05, 0) is 36.8 Å². The highest BCUT2D eigenvalue weighted by atomic mass is 32.1. The molecule has 7 heteroatoms. The third kappa shape index (κ3) is 4.31. The monoisotopic (exact) mass is 452 g/mol. The second-order valence-electron chi connectivity index (χ2n) is 7.67. The second kappa shape index (κ2) is 8.80. The maximum absolute atomic E-state index is 13.4. The summed E-state index contributed by atoms with van der Waals surface area (Å²) in [6, 6.07) is 24.5. The molecule has 5 aromatic rings. The standard InChI is InChI=1S/C26H20N4O2S/c1-17-8-7-11-19(14-17)27-23(31)15-20-16-33-26(28-20)30-24(18-9-3-2-4-10-18)29-22-13-6-5-12-21(22)25(30)32/h2-14,16H,15H2,1H3,(H,27,31). The Morgan fingerprint density at radius 1 is 0.970 bits per heavy atom. The van der Waals surface area contributed by atoms with Gasteiger partial charge in [-0.15, -0.1) is 11.3 Å². The maximum atomic E-state index is 13.4. The number of nitrogens with one attached hydrogen (secondary N) is 1. The van der Waals surface area contributed by atoms with Crippen LogP contribution in [0.1, 0.15) is 11.3 Å². The van der Waals surface area contributed by atoms with E-state index in [1.165, 1.54) is 15.9 Å². The molecule has 2 heterocycles. The fraction of sp³-hybridized carbons (Fsp3) is 0.0769. The molecule has 3 aromatic carbocycles. The van der Waals surface area contributed by atoms with Crippen LogP contribution in [0.15, 0.2) is 89.0 Å². The van der Waals surface area contributed by atoms with Crippen molar-refractivity contribution in [2.75, 3.05) is 5.32 Å². The van der Waals surface area contributed by atoms with Gasteiger partial charge in [-0.3, -0.25) is 9.59 Å². The van der Waals surface area contributed by atoms with Gasteiger partial charge in [0.15, 0.2) is 5.13 Å². The van der Waals surface area contributed by atoms with Crippen LogP contribution in [-0.2, 0) is 11.2 Å². The summed E-state index contributed by atoms with van der Waals surface area (Å²) in [7, 11) is 0. The van der Waals surface area contributed by atoms with Crippen LogP contribution in [0.2, 0.25) is 0 Å². The Balaban J connectivity index is 1.52. The lowest BCUT2D eigenvalue weighted by Gasteiger charge is -2.11. The van der Waals surface area contributed by atoms with Crippen molar-refractivity contribution in [2.45, 2.75) is 13.3 Å². The van der Waals surface area contributed by atoms with Crippen molar-refractivity contribution in [1.29, 1.82) is 0 Å². The zero-order valence-electron chi connectivity index (χ0n) is 17.9. The molecular formula is C26H20N4O2S. The maximum Gasteiger partial charge on any atom is 0.268 e. The molecule has 0 aliphatic heterocycles. The molecule has 0 bridgehead atoms. The van der Waals surface area contributed by atoms with Gasteiger partial charge in [0.05, 0.1) is 23.0 Å². The average Bonchev–Trinajstić information content (AvgIpc) is 3.27. The Hall–Kier alpha value is -4.10. The lowest BCUT2D eigenvalue weighted by molar-refractivity contribution is -0.115. The van der Waals surface area contributed by atoms with E-state index in [1.54, 1.807) is 6.07 Å². The van der Waals surface area contributed by atoms with E-state index in [2.05, 4.69) is 10.3 Å². The normalized spacial score (nSPS) is 10.9. The Kier molecular flexibility index (Phi) is 5.54. The van der Waals surface area contributed by atoms with Gasteiger partial charge in [-0.2, -0.15) is 0 Å². The van der Waals surface area contributed by atoms with Gasteiger partial charge in [0.25, 0.3) is 5.56 Å². The summed E-state index contributed by atoms with van der Waals surface area (Å²) >= 11 is 1.32. The molecule has 0 unspecified atom stereocenters. The first-order valence-corrected chi connectivity index (χ1v) is 11.3. The molecule has 33 heavy (non-hydrogen) atoms. The van der Waals surface area contributed by atoms with Crippen molar-refractivity contribution in [3.05, 3.63) is 106 Å². The second-order valence-corrected chi connectivity index (χ2v) is 8.51. The van der Waals surface area contributed by atoms with E-state index < -0.39 is 0 Å². The number of anilines is 1. The molecule has 0 radical (unpaired) electrons. The van der Waals surface area contributed by atoms with Crippen LogP contribution in [0, 0.1) is 6.92 Å². The number of benzene rings is 3. The Morgan fingerprint density at radius 2 is 1.76 bits per heavy atom. The van der Waals surface area contributed by atoms with Gasteiger partial charge in [-0.25, -0.2) is 14.5 Å². The minimum absolute atomic E-state index is 0.112. The van der Waals surface area contributed by atoms with E-state index in [-0.39, 0.29) is 17.9 Å². The van der Waals surface area contributed by atoms with Crippen LogP contribution in [0.3, 0.4) is 0 Å². The Labute approximate surface area is 194 Å². The number of nitrogens with zero attached hydrogens (tertiary/aromatic N) is 3. The fourth-order valence-electron chi connectivity index (χ4n) is 3.66. The largest absolute Gasteiger partial charge is 0.326 e. The third-order valence-corrected chi connectivity index (χ3v) is 6.06. The quantitative estimate of drug-likeness (QED) is 0.407. The van der Waals surface area contributed by atoms with Crippen molar-refractivity contribution in [1.82, 2.24) is 14.5 Å². The SMILES string of the molecule is Cc1cccc(NC(=O)Cc2csc(-n3c(-c4ccccc4)nc4ccccc4c3=O)n2)c1. The number of rotatable bonds is 5. The summed E-state index contributed by atoms with van der Waals surface area (Å²) in [5.74, 6) is 0.356. The molecule has 162 valence electrons. The van der Waals surface area contributed by atoms with Crippen molar-refractivity contribution < 1.29 is 4.79 Å². The van der Waals surface area contributed by atoms with E-state index in [0.29, 0.717) is 27.6 Å². The number of carbonyl (C=O) groups is 1. The van der Waals surface area contributed by atoms with E-state index in [9.17, 15) is 9.59 Å². The topological polar surface area (TPSA) is 76.9 Å². The lowest BCUT2D eigenvalue weighted by atomic mass is 10.2. The van der Waals surface area contributed by atoms with Gasteiger partial charge in [0.1, 0.15) is 5.82 Å². The van der Waals surface area contributed by atoms with E-state index >= 15 is 0 Å². The molecule has 1 amide bonds. The molecule has 5 rings (SSSR count). The van der Waals surface area contributed by atoms with Crippen molar-refractivity contribution in [3.63, 3.8) is 0 Å². The van der Waals surface area contributed by atoms with Gasteiger partial charge in [-0.1, -0.05) is 54.6 Å². The molecule has 0 saturated heterocycles. The van der Waals surface area contributed by atoms with Crippen LogP contribution in [0.5, 0.6) is 0 Å². The Morgan fingerprint density at radius 3 is 2.58 bits per heavy atom. The minimum atomic E-state index is -0.190. The Bertz CT molecular complexity index is 1520. The highest BCUT2D eigenvalue weighted by molar-refractivity contribution is 7.12.